The number of carbonyl (C=O) groups is 1. The molecule has 1 amide bonds. The number of rotatable bonds is 5. The number of aromatic nitrogens is 2. The summed E-state index contributed by atoms with van der Waals surface area (Å²) in [6.45, 7) is 0.0586. The lowest BCUT2D eigenvalue weighted by molar-refractivity contribution is -0.131. The van der Waals surface area contributed by atoms with Gasteiger partial charge in [0.1, 0.15) is 17.9 Å². The first kappa shape index (κ1) is 17.5. The molecule has 25 heavy (non-hydrogen) atoms. The minimum atomic E-state index is -0.954. The molecule has 8 heteroatoms. The Labute approximate surface area is 143 Å². The molecule has 1 aliphatic rings. The molecule has 1 aromatic heterocycles. The van der Waals surface area contributed by atoms with Crippen LogP contribution in [0.2, 0.25) is 0 Å². The number of benzene rings is 1. The van der Waals surface area contributed by atoms with Crippen molar-refractivity contribution in [2.45, 2.75) is 37.5 Å². The first-order valence-corrected chi connectivity index (χ1v) is 8.26. The molecule has 0 bridgehead atoms. The SMILES string of the molecule is O=C(CCc1nc2ccccc2[nH]c1=O)N[C@H]1CCO[C@H](CO)[C@H]1O. The van der Waals surface area contributed by atoms with Gasteiger partial charge in [0.15, 0.2) is 0 Å². The van der Waals surface area contributed by atoms with E-state index >= 15 is 0 Å². The predicted molar refractivity (Wildman–Crippen MR) is 90.1 cm³/mol. The standard InChI is InChI=1S/C17H21N3O5/c21-9-14-16(23)12(7-8-25-14)19-15(22)6-5-13-17(24)20-11-4-2-1-3-10(11)18-13/h1-4,12,14,16,21,23H,5-9H2,(H,19,22)(H,20,24)/t12-,14+,16-/m0/s1. The molecule has 0 unspecified atom stereocenters. The minimum absolute atomic E-state index is 0.0856. The molecule has 0 spiro atoms. The zero-order valence-corrected chi connectivity index (χ0v) is 13.6. The maximum Gasteiger partial charge on any atom is 0.270 e. The number of H-pyrrole nitrogens is 1. The van der Waals surface area contributed by atoms with Crippen LogP contribution in [0.3, 0.4) is 0 Å². The fourth-order valence-electron chi connectivity index (χ4n) is 2.94. The third kappa shape index (κ3) is 4.04. The van der Waals surface area contributed by atoms with Crippen LogP contribution in [0.25, 0.3) is 11.0 Å². The van der Waals surface area contributed by atoms with Crippen LogP contribution >= 0.6 is 0 Å². The number of aliphatic hydroxyl groups is 2. The van der Waals surface area contributed by atoms with Gasteiger partial charge in [-0.2, -0.15) is 0 Å². The summed E-state index contributed by atoms with van der Waals surface area (Å²) in [5.41, 5.74) is 1.32. The molecule has 1 aliphatic heterocycles. The highest BCUT2D eigenvalue weighted by Crippen LogP contribution is 2.15. The fraction of sp³-hybridized carbons (Fsp3) is 0.471. The van der Waals surface area contributed by atoms with E-state index < -0.39 is 18.2 Å². The van der Waals surface area contributed by atoms with E-state index in [1.807, 2.05) is 12.1 Å². The molecule has 3 rings (SSSR count). The second kappa shape index (κ2) is 7.73. The van der Waals surface area contributed by atoms with Crippen molar-refractivity contribution < 1.29 is 19.7 Å². The van der Waals surface area contributed by atoms with E-state index in [0.717, 1.165) is 0 Å². The van der Waals surface area contributed by atoms with Gasteiger partial charge in [0.25, 0.3) is 5.56 Å². The molecule has 4 N–H and O–H groups in total. The summed E-state index contributed by atoms with van der Waals surface area (Å²) in [6, 6.07) is 6.73. The Bertz CT molecular complexity index is 806. The third-order valence-corrected chi connectivity index (χ3v) is 4.34. The number of aromatic amines is 1. The molecule has 1 saturated heterocycles. The van der Waals surface area contributed by atoms with Crippen molar-refractivity contribution in [3.05, 3.63) is 40.3 Å². The Kier molecular flexibility index (Phi) is 5.42. The lowest BCUT2D eigenvalue weighted by Gasteiger charge is -2.34. The number of hydrogen-bond acceptors (Lipinski definition) is 6. The van der Waals surface area contributed by atoms with Gasteiger partial charge in [0, 0.05) is 19.4 Å². The highest BCUT2D eigenvalue weighted by atomic mass is 16.5. The predicted octanol–water partition coefficient (Wildman–Crippen LogP) is -0.517. The maximum absolute atomic E-state index is 12.1. The summed E-state index contributed by atoms with van der Waals surface area (Å²) in [7, 11) is 0. The van der Waals surface area contributed by atoms with E-state index in [1.54, 1.807) is 12.1 Å². The van der Waals surface area contributed by atoms with Crippen molar-refractivity contribution >= 4 is 16.9 Å². The van der Waals surface area contributed by atoms with Crippen LogP contribution in [0.4, 0.5) is 0 Å². The van der Waals surface area contributed by atoms with Gasteiger partial charge in [-0.25, -0.2) is 4.98 Å². The van der Waals surface area contributed by atoms with Crippen LogP contribution in [0, 0.1) is 0 Å². The second-order valence-corrected chi connectivity index (χ2v) is 6.07. The summed E-state index contributed by atoms with van der Waals surface area (Å²) in [5, 5.41) is 21.9. The summed E-state index contributed by atoms with van der Waals surface area (Å²) in [5.74, 6) is -0.281. The number of carbonyl (C=O) groups excluding carboxylic acids is 1. The summed E-state index contributed by atoms with van der Waals surface area (Å²) in [6.07, 6.45) is -0.885. The number of nitrogens with one attached hydrogen (secondary N) is 2. The third-order valence-electron chi connectivity index (χ3n) is 4.34. The molecule has 8 nitrogen and oxygen atoms in total. The molecule has 2 heterocycles. The van der Waals surface area contributed by atoms with E-state index in [0.29, 0.717) is 29.8 Å². The van der Waals surface area contributed by atoms with Crippen molar-refractivity contribution in [3.63, 3.8) is 0 Å². The summed E-state index contributed by atoms with van der Waals surface area (Å²) < 4.78 is 5.23. The number of para-hydroxylation sites is 2. The zero-order valence-electron chi connectivity index (χ0n) is 13.6. The van der Waals surface area contributed by atoms with Gasteiger partial charge < -0.3 is 25.3 Å². The number of aliphatic hydroxyl groups excluding tert-OH is 2. The summed E-state index contributed by atoms with van der Waals surface area (Å²) >= 11 is 0. The fourth-order valence-corrected chi connectivity index (χ4v) is 2.94. The van der Waals surface area contributed by atoms with Crippen molar-refractivity contribution in [1.29, 1.82) is 0 Å². The van der Waals surface area contributed by atoms with Gasteiger partial charge in [-0.05, 0) is 18.6 Å². The van der Waals surface area contributed by atoms with E-state index in [4.69, 9.17) is 9.84 Å². The Morgan fingerprint density at radius 3 is 3.00 bits per heavy atom. The highest BCUT2D eigenvalue weighted by molar-refractivity contribution is 5.77. The first-order valence-electron chi connectivity index (χ1n) is 8.26. The number of ether oxygens (including phenoxy) is 1. The van der Waals surface area contributed by atoms with Crippen LogP contribution in [0.1, 0.15) is 18.5 Å². The molecule has 3 atom stereocenters. The number of aryl methyl sites for hydroxylation is 1. The quantitative estimate of drug-likeness (QED) is 0.577. The van der Waals surface area contributed by atoms with Crippen LogP contribution in [0.5, 0.6) is 0 Å². The smallest absolute Gasteiger partial charge is 0.270 e. The van der Waals surface area contributed by atoms with Gasteiger partial charge in [0.05, 0.1) is 23.7 Å². The van der Waals surface area contributed by atoms with Crippen molar-refractivity contribution in [2.75, 3.05) is 13.2 Å². The first-order chi connectivity index (χ1) is 12.1. The number of amides is 1. The van der Waals surface area contributed by atoms with Crippen LogP contribution in [-0.2, 0) is 16.0 Å². The zero-order chi connectivity index (χ0) is 17.8. The molecule has 1 fully saturated rings. The van der Waals surface area contributed by atoms with E-state index in [9.17, 15) is 14.7 Å². The van der Waals surface area contributed by atoms with Crippen molar-refractivity contribution in [3.8, 4) is 0 Å². The molecule has 0 aliphatic carbocycles. The van der Waals surface area contributed by atoms with Gasteiger partial charge in [-0.1, -0.05) is 12.1 Å². The normalized spacial score (nSPS) is 23.5. The lowest BCUT2D eigenvalue weighted by atomic mass is 9.99. The molecular formula is C17H21N3O5. The van der Waals surface area contributed by atoms with E-state index in [1.165, 1.54) is 0 Å². The van der Waals surface area contributed by atoms with Crippen LogP contribution in [0.15, 0.2) is 29.1 Å². The maximum atomic E-state index is 12.1. The van der Waals surface area contributed by atoms with Gasteiger partial charge in [0.2, 0.25) is 5.91 Å². The van der Waals surface area contributed by atoms with Crippen LogP contribution < -0.4 is 10.9 Å². The van der Waals surface area contributed by atoms with Crippen LogP contribution in [-0.4, -0.2) is 57.6 Å². The summed E-state index contributed by atoms with van der Waals surface area (Å²) in [4.78, 5) is 31.2. The largest absolute Gasteiger partial charge is 0.394 e. The van der Waals surface area contributed by atoms with Gasteiger partial charge >= 0.3 is 0 Å². The van der Waals surface area contributed by atoms with E-state index in [-0.39, 0.29) is 30.9 Å². The Hall–Kier alpha value is -2.29. The van der Waals surface area contributed by atoms with E-state index in [2.05, 4.69) is 15.3 Å². The Morgan fingerprint density at radius 1 is 1.40 bits per heavy atom. The second-order valence-electron chi connectivity index (χ2n) is 6.07. The van der Waals surface area contributed by atoms with Crippen molar-refractivity contribution in [1.82, 2.24) is 15.3 Å². The monoisotopic (exact) mass is 347 g/mol. The Balaban J connectivity index is 1.61. The number of hydrogen-bond donors (Lipinski definition) is 4. The lowest BCUT2D eigenvalue weighted by Crippen LogP contribution is -2.54. The molecular weight excluding hydrogens is 326 g/mol. The number of nitrogens with zero attached hydrogens (tertiary/aromatic N) is 1. The Morgan fingerprint density at radius 2 is 2.20 bits per heavy atom. The molecule has 2 aromatic rings. The van der Waals surface area contributed by atoms with Gasteiger partial charge in [-0.3, -0.25) is 9.59 Å². The molecule has 134 valence electrons. The average molecular weight is 347 g/mol. The topological polar surface area (TPSA) is 125 Å². The molecule has 0 saturated carbocycles. The average Bonchev–Trinajstić information content (AvgIpc) is 2.61. The number of fused-ring (bicyclic) bond motifs is 1. The minimum Gasteiger partial charge on any atom is -0.394 e. The van der Waals surface area contributed by atoms with Gasteiger partial charge in [-0.15, -0.1) is 0 Å². The van der Waals surface area contributed by atoms with Crippen molar-refractivity contribution in [2.24, 2.45) is 0 Å². The highest BCUT2D eigenvalue weighted by Gasteiger charge is 2.33. The molecule has 1 aromatic carbocycles. The molecule has 0 radical (unpaired) electrons.